The molecular weight excluding hydrogens is 305 g/mol. The fourth-order valence-corrected chi connectivity index (χ4v) is 0. The van der Waals surface area contributed by atoms with Crippen molar-refractivity contribution in [3.8, 4) is 0 Å². The van der Waals surface area contributed by atoms with E-state index in [2.05, 4.69) is 0 Å². The first-order valence-electron chi connectivity index (χ1n) is 0.204. The van der Waals surface area contributed by atoms with Gasteiger partial charge in [0.1, 0.15) is 0 Å². The van der Waals surface area contributed by atoms with Crippen molar-refractivity contribution in [3.05, 3.63) is 0 Å². The minimum absolute atomic E-state index is 0. The quantitative estimate of drug-likeness (QED) is 0.494. The van der Waals surface area contributed by atoms with E-state index in [0.29, 0.717) is 0 Å². The predicted octanol–water partition coefficient (Wildman–Crippen LogP) is -1.58. The van der Waals surface area contributed by atoms with Crippen molar-refractivity contribution < 1.29 is 57.6 Å². The number of rotatable bonds is 0. The topological polar surface area (TPSA) is 17.1 Å². The molecule has 2 radical (unpaired) electrons. The van der Waals surface area contributed by atoms with Crippen LogP contribution in [0.15, 0.2) is 0 Å². The molecule has 0 atom stereocenters. The molecule has 0 unspecified atom stereocenters. The molecule has 0 heterocycles. The van der Waals surface area contributed by atoms with Crippen LogP contribution >= 0.6 is 0 Å². The molecule has 0 bridgehead atoms. The molecule has 0 aromatic carbocycles. The van der Waals surface area contributed by atoms with E-state index < -0.39 is 0 Å². The van der Waals surface area contributed by atoms with E-state index in [-0.39, 0.29) is 57.8 Å². The normalized spacial score (nSPS) is 0.600. The SMILES string of the molecule is [Co].[Cu].[O]=[Ti].[SnH4]. The molecular formula is H4CoCuOSnTi. The van der Waals surface area contributed by atoms with Gasteiger partial charge < -0.3 is 0 Å². The Balaban J connectivity index is -0.00000000167. The Kier molecular flexibility index (Phi) is 175. The molecule has 5 heteroatoms. The van der Waals surface area contributed by atoms with Gasteiger partial charge in [-0.25, -0.2) is 0 Å². The molecule has 0 aliphatic heterocycles. The van der Waals surface area contributed by atoms with Gasteiger partial charge in [0.05, 0.1) is 0 Å². The van der Waals surface area contributed by atoms with Gasteiger partial charge in [-0.05, 0) is 0 Å². The molecule has 0 spiro atoms. The maximum atomic E-state index is 8.25. The van der Waals surface area contributed by atoms with Crippen LogP contribution in [0.2, 0.25) is 0 Å². The second-order valence-corrected chi connectivity index (χ2v) is 0. The van der Waals surface area contributed by atoms with E-state index in [4.69, 9.17) is 3.32 Å². The van der Waals surface area contributed by atoms with Crippen LogP contribution in [0.1, 0.15) is 0 Å². The van der Waals surface area contributed by atoms with E-state index in [1.54, 1.807) is 0 Å². The van der Waals surface area contributed by atoms with Crippen LogP contribution < -0.4 is 0 Å². The van der Waals surface area contributed by atoms with Gasteiger partial charge in [0.2, 0.25) is 0 Å². The summed E-state index contributed by atoms with van der Waals surface area (Å²) in [6.07, 6.45) is 0. The molecule has 0 aromatic rings. The molecule has 0 fully saturated rings. The Morgan fingerprint density at radius 3 is 1.20 bits per heavy atom. The summed E-state index contributed by atoms with van der Waals surface area (Å²) in [5, 5.41) is 0. The first-order chi connectivity index (χ1) is 1.00. The zero-order chi connectivity index (χ0) is 2.00. The van der Waals surface area contributed by atoms with Crippen molar-refractivity contribution in [3.63, 3.8) is 0 Å². The van der Waals surface area contributed by atoms with Crippen LogP contribution in [0, 0.1) is 0 Å². The summed E-state index contributed by atoms with van der Waals surface area (Å²) in [4.78, 5) is 0. The molecule has 0 aromatic heterocycles. The summed E-state index contributed by atoms with van der Waals surface area (Å²) in [6.45, 7) is 0. The van der Waals surface area contributed by atoms with Gasteiger partial charge in [0.25, 0.3) is 0 Å². The molecule has 0 rings (SSSR count). The summed E-state index contributed by atoms with van der Waals surface area (Å²) < 4.78 is 8.25. The molecule has 0 saturated heterocycles. The first kappa shape index (κ1) is 26.5. The van der Waals surface area contributed by atoms with Gasteiger partial charge in [0.15, 0.2) is 0 Å². The second-order valence-electron chi connectivity index (χ2n) is 0. The van der Waals surface area contributed by atoms with Crippen LogP contribution in [0.4, 0.5) is 0 Å². The van der Waals surface area contributed by atoms with Gasteiger partial charge in [0, 0.05) is 33.8 Å². The zero-order valence-electron chi connectivity index (χ0n) is 1.54. The second kappa shape index (κ2) is 33.0. The summed E-state index contributed by atoms with van der Waals surface area (Å²) in [5.74, 6) is 0. The van der Waals surface area contributed by atoms with Gasteiger partial charge in [-0.15, -0.1) is 0 Å². The van der Waals surface area contributed by atoms with E-state index in [9.17, 15) is 0 Å². The minimum atomic E-state index is 0. The summed E-state index contributed by atoms with van der Waals surface area (Å²) >= 11 is 0.750. The van der Waals surface area contributed by atoms with E-state index >= 15 is 0 Å². The Morgan fingerprint density at radius 2 is 1.20 bits per heavy atom. The molecule has 5 heavy (non-hydrogen) atoms. The Labute approximate surface area is 80.4 Å². The van der Waals surface area contributed by atoms with Gasteiger partial charge >= 0.3 is 47.6 Å². The summed E-state index contributed by atoms with van der Waals surface area (Å²) in [6, 6.07) is 0. The van der Waals surface area contributed by atoms with Crippen LogP contribution in [-0.2, 0) is 57.6 Å². The zero-order valence-corrected chi connectivity index (χ0v) is 5.09. The number of hydrogen-bond donors (Lipinski definition) is 0. The standard InChI is InChI=1S/Co.Cu.O.Sn.Ti.4H. The van der Waals surface area contributed by atoms with Crippen molar-refractivity contribution >= 4 is 23.9 Å². The molecule has 0 saturated carbocycles. The molecule has 1 nitrogen and oxygen atoms in total. The van der Waals surface area contributed by atoms with Crippen molar-refractivity contribution in [1.82, 2.24) is 0 Å². The summed E-state index contributed by atoms with van der Waals surface area (Å²) in [5.41, 5.74) is 0. The Hall–Kier alpha value is 2.34. The molecule has 38 valence electrons. The van der Waals surface area contributed by atoms with Crippen LogP contribution in [-0.4, -0.2) is 23.9 Å². The van der Waals surface area contributed by atoms with Crippen molar-refractivity contribution in [2.75, 3.05) is 0 Å². The van der Waals surface area contributed by atoms with Crippen molar-refractivity contribution in [2.24, 2.45) is 0 Å². The monoisotopic (exact) mass is 310 g/mol. The summed E-state index contributed by atoms with van der Waals surface area (Å²) in [7, 11) is 0. The van der Waals surface area contributed by atoms with Gasteiger partial charge in [-0.2, -0.15) is 0 Å². The molecule has 0 aliphatic rings. The maximum absolute atomic E-state index is 8.25. The third-order valence-corrected chi connectivity index (χ3v) is 0. The van der Waals surface area contributed by atoms with Crippen LogP contribution in [0.5, 0.6) is 0 Å². The van der Waals surface area contributed by atoms with Crippen molar-refractivity contribution in [1.29, 1.82) is 0 Å². The number of hydrogen-bond acceptors (Lipinski definition) is 1. The fourth-order valence-electron chi connectivity index (χ4n) is 0. The Bertz CT molecular complexity index is 11.6. The third kappa shape index (κ3) is 21.8. The van der Waals surface area contributed by atoms with Crippen molar-refractivity contribution in [2.45, 2.75) is 0 Å². The Morgan fingerprint density at radius 1 is 1.20 bits per heavy atom. The average molecular weight is 309 g/mol. The van der Waals surface area contributed by atoms with Crippen LogP contribution in [0.25, 0.3) is 0 Å². The van der Waals surface area contributed by atoms with E-state index in [1.807, 2.05) is 0 Å². The molecule has 0 amide bonds. The molecule has 0 N–H and O–H groups in total. The predicted molar refractivity (Wildman–Crippen MR) is 12.0 cm³/mol. The molecule has 0 aliphatic carbocycles. The average Bonchev–Trinajstić information content (AvgIpc) is 1.00. The van der Waals surface area contributed by atoms with Crippen LogP contribution in [0.3, 0.4) is 0 Å². The van der Waals surface area contributed by atoms with Gasteiger partial charge in [-0.3, -0.25) is 0 Å². The fraction of sp³-hybridized carbons (Fsp3) is 0. The van der Waals surface area contributed by atoms with Gasteiger partial charge in [-0.1, -0.05) is 0 Å². The third-order valence-electron chi connectivity index (χ3n) is 0. The van der Waals surface area contributed by atoms with E-state index in [0.717, 1.165) is 20.4 Å². The first-order valence-corrected chi connectivity index (χ1v) is 0.842. The van der Waals surface area contributed by atoms with E-state index in [1.165, 1.54) is 0 Å².